The lowest BCUT2D eigenvalue weighted by Gasteiger charge is -2.30. The summed E-state index contributed by atoms with van der Waals surface area (Å²) in [7, 11) is 0. The molecule has 2 rings (SSSR count). The molecule has 2 amide bonds. The molecule has 1 aromatic heterocycles. The predicted octanol–water partition coefficient (Wildman–Crippen LogP) is -1.18. The third-order valence-corrected chi connectivity index (χ3v) is 3.51. The van der Waals surface area contributed by atoms with Gasteiger partial charge in [-0.05, 0) is 19.8 Å². The van der Waals surface area contributed by atoms with Crippen molar-refractivity contribution in [2.24, 2.45) is 11.5 Å². The van der Waals surface area contributed by atoms with Crippen LogP contribution in [0.4, 0.5) is 11.8 Å². The fourth-order valence-corrected chi connectivity index (χ4v) is 2.13. The molecule has 0 aliphatic carbocycles. The average Bonchev–Trinajstić information content (AvgIpc) is 2.47. The molecule has 6 N–H and O–H groups in total. The summed E-state index contributed by atoms with van der Waals surface area (Å²) < 4.78 is 0. The first-order valence-electron chi connectivity index (χ1n) is 7.04. The number of rotatable bonds is 5. The molecule has 22 heavy (non-hydrogen) atoms. The van der Waals surface area contributed by atoms with E-state index in [9.17, 15) is 14.7 Å². The average molecular weight is 308 g/mol. The second-order valence-corrected chi connectivity index (χ2v) is 5.29. The van der Waals surface area contributed by atoms with Gasteiger partial charge < -0.3 is 26.8 Å². The lowest BCUT2D eigenvalue weighted by atomic mass is 10.1. The summed E-state index contributed by atoms with van der Waals surface area (Å²) in [5.41, 5.74) is 10.5. The molecule has 0 bridgehead atoms. The highest BCUT2D eigenvalue weighted by Crippen LogP contribution is 2.19. The van der Waals surface area contributed by atoms with E-state index in [1.165, 1.54) is 6.07 Å². The first-order chi connectivity index (χ1) is 10.4. The molecule has 9 nitrogen and oxygen atoms in total. The highest BCUT2D eigenvalue weighted by atomic mass is 16.3. The zero-order valence-electron chi connectivity index (χ0n) is 12.3. The van der Waals surface area contributed by atoms with Gasteiger partial charge >= 0.3 is 0 Å². The van der Waals surface area contributed by atoms with E-state index >= 15 is 0 Å². The summed E-state index contributed by atoms with van der Waals surface area (Å²) in [4.78, 5) is 32.8. The van der Waals surface area contributed by atoms with Crippen molar-refractivity contribution in [1.82, 2.24) is 9.97 Å². The van der Waals surface area contributed by atoms with Gasteiger partial charge in [0.25, 0.3) is 5.91 Å². The first kappa shape index (κ1) is 16.0. The number of amides is 2. The zero-order chi connectivity index (χ0) is 16.3. The predicted molar refractivity (Wildman–Crippen MR) is 80.3 cm³/mol. The van der Waals surface area contributed by atoms with Gasteiger partial charge in [0.05, 0.1) is 6.10 Å². The molecule has 1 unspecified atom stereocenters. The molecule has 0 aromatic carbocycles. The number of nitrogens with one attached hydrogen (secondary N) is 1. The van der Waals surface area contributed by atoms with Crippen molar-refractivity contribution in [3.8, 4) is 0 Å². The molecule has 0 saturated carbocycles. The quantitative estimate of drug-likeness (QED) is 0.535. The Morgan fingerprint density at radius 2 is 2.00 bits per heavy atom. The summed E-state index contributed by atoms with van der Waals surface area (Å²) in [5.74, 6) is -0.587. The molecule has 1 fully saturated rings. The van der Waals surface area contributed by atoms with E-state index in [4.69, 9.17) is 11.5 Å². The molecule has 1 aliphatic heterocycles. The van der Waals surface area contributed by atoms with Crippen molar-refractivity contribution < 1.29 is 14.7 Å². The SMILES string of the molecule is CC(Nc1cc(C(N)=O)nc(N2CCC(O)CC2)n1)C(N)=O. The van der Waals surface area contributed by atoms with Crippen molar-refractivity contribution in [1.29, 1.82) is 0 Å². The zero-order valence-corrected chi connectivity index (χ0v) is 12.3. The Balaban J connectivity index is 2.27. The lowest BCUT2D eigenvalue weighted by Crippen LogP contribution is -2.38. The molecule has 1 atom stereocenters. The summed E-state index contributed by atoms with van der Waals surface area (Å²) >= 11 is 0. The largest absolute Gasteiger partial charge is 0.393 e. The van der Waals surface area contributed by atoms with E-state index in [2.05, 4.69) is 15.3 Å². The molecule has 2 heterocycles. The Kier molecular flexibility index (Phi) is 4.76. The minimum Gasteiger partial charge on any atom is -0.393 e. The van der Waals surface area contributed by atoms with Gasteiger partial charge in [0.1, 0.15) is 17.6 Å². The summed E-state index contributed by atoms with van der Waals surface area (Å²) in [6.07, 6.45) is 0.873. The fraction of sp³-hybridized carbons (Fsp3) is 0.538. The maximum absolute atomic E-state index is 11.4. The van der Waals surface area contributed by atoms with E-state index in [-0.39, 0.29) is 11.8 Å². The molecule has 1 saturated heterocycles. The van der Waals surface area contributed by atoms with Gasteiger partial charge in [0, 0.05) is 19.2 Å². The number of nitrogens with two attached hydrogens (primary N) is 2. The topological polar surface area (TPSA) is 147 Å². The third kappa shape index (κ3) is 3.82. The Morgan fingerprint density at radius 3 is 2.55 bits per heavy atom. The van der Waals surface area contributed by atoms with Crippen LogP contribution < -0.4 is 21.7 Å². The number of hydrogen-bond donors (Lipinski definition) is 4. The van der Waals surface area contributed by atoms with Crippen LogP contribution in [0, 0.1) is 0 Å². The van der Waals surface area contributed by atoms with Gasteiger partial charge in [-0.1, -0.05) is 0 Å². The van der Waals surface area contributed by atoms with Gasteiger partial charge in [-0.25, -0.2) is 4.98 Å². The van der Waals surface area contributed by atoms with Crippen molar-refractivity contribution in [3.63, 3.8) is 0 Å². The van der Waals surface area contributed by atoms with Crippen molar-refractivity contribution in [2.75, 3.05) is 23.3 Å². The number of piperidine rings is 1. The van der Waals surface area contributed by atoms with Crippen LogP contribution in [-0.4, -0.2) is 52.1 Å². The molecule has 1 aromatic rings. The van der Waals surface area contributed by atoms with Crippen LogP contribution in [0.25, 0.3) is 0 Å². The Labute approximate surface area is 127 Å². The number of nitrogens with zero attached hydrogens (tertiary/aromatic N) is 3. The number of hydrogen-bond acceptors (Lipinski definition) is 7. The molecule has 0 spiro atoms. The Morgan fingerprint density at radius 1 is 1.36 bits per heavy atom. The Hall–Kier alpha value is -2.42. The van der Waals surface area contributed by atoms with E-state index in [1.54, 1.807) is 6.92 Å². The van der Waals surface area contributed by atoms with Crippen LogP contribution in [0.3, 0.4) is 0 Å². The highest BCUT2D eigenvalue weighted by molar-refractivity contribution is 5.92. The second-order valence-electron chi connectivity index (χ2n) is 5.29. The van der Waals surface area contributed by atoms with Gasteiger partial charge in [0.15, 0.2) is 0 Å². The highest BCUT2D eigenvalue weighted by Gasteiger charge is 2.21. The standard InChI is InChI=1S/C13H20N6O3/c1-7(11(14)21)16-10-6-9(12(15)22)17-13(18-10)19-4-2-8(20)3-5-19/h6-8,20H,2-5H2,1H3,(H2,14,21)(H2,15,22)(H,16,17,18). The van der Waals surface area contributed by atoms with Crippen LogP contribution in [0.5, 0.6) is 0 Å². The molecule has 9 heteroatoms. The summed E-state index contributed by atoms with van der Waals surface area (Å²) in [6.45, 7) is 2.74. The van der Waals surface area contributed by atoms with Gasteiger partial charge in [-0.3, -0.25) is 9.59 Å². The fourth-order valence-electron chi connectivity index (χ4n) is 2.13. The molecule has 1 aliphatic rings. The summed E-state index contributed by atoms with van der Waals surface area (Å²) in [5, 5.41) is 12.4. The lowest BCUT2D eigenvalue weighted by molar-refractivity contribution is -0.118. The van der Waals surface area contributed by atoms with Crippen LogP contribution in [0.15, 0.2) is 6.07 Å². The molecular weight excluding hydrogens is 288 g/mol. The van der Waals surface area contributed by atoms with Crippen LogP contribution in [-0.2, 0) is 4.79 Å². The van der Waals surface area contributed by atoms with Crippen LogP contribution in [0.1, 0.15) is 30.3 Å². The van der Waals surface area contributed by atoms with E-state index < -0.39 is 17.9 Å². The van der Waals surface area contributed by atoms with Crippen molar-refractivity contribution in [2.45, 2.75) is 31.9 Å². The number of primary amides is 2. The van der Waals surface area contributed by atoms with Crippen LogP contribution in [0.2, 0.25) is 0 Å². The maximum atomic E-state index is 11.4. The number of aromatic nitrogens is 2. The molecule has 120 valence electrons. The number of anilines is 2. The number of carbonyl (C=O) groups excluding carboxylic acids is 2. The number of aliphatic hydroxyl groups is 1. The monoisotopic (exact) mass is 308 g/mol. The molecular formula is C13H20N6O3. The second kappa shape index (κ2) is 6.56. The smallest absolute Gasteiger partial charge is 0.267 e. The van der Waals surface area contributed by atoms with Crippen LogP contribution >= 0.6 is 0 Å². The maximum Gasteiger partial charge on any atom is 0.267 e. The number of aliphatic hydroxyl groups excluding tert-OH is 1. The van der Waals surface area contributed by atoms with E-state index in [1.807, 2.05) is 4.90 Å². The van der Waals surface area contributed by atoms with Gasteiger partial charge in [-0.2, -0.15) is 4.98 Å². The summed E-state index contributed by atoms with van der Waals surface area (Å²) in [6, 6.07) is 0.732. The molecule has 0 radical (unpaired) electrons. The minimum atomic E-state index is -0.685. The third-order valence-electron chi connectivity index (χ3n) is 3.51. The van der Waals surface area contributed by atoms with E-state index in [0.29, 0.717) is 37.7 Å². The number of carbonyl (C=O) groups is 2. The van der Waals surface area contributed by atoms with Crippen molar-refractivity contribution in [3.05, 3.63) is 11.8 Å². The van der Waals surface area contributed by atoms with Gasteiger partial charge in [-0.15, -0.1) is 0 Å². The van der Waals surface area contributed by atoms with E-state index in [0.717, 1.165) is 0 Å². The Bertz CT molecular complexity index is 571. The minimum absolute atomic E-state index is 0.0512. The van der Waals surface area contributed by atoms with Gasteiger partial charge in [0.2, 0.25) is 11.9 Å². The first-order valence-corrected chi connectivity index (χ1v) is 7.04. The normalized spacial score (nSPS) is 17.1. The van der Waals surface area contributed by atoms with Crippen molar-refractivity contribution >= 4 is 23.6 Å².